The monoisotopic (exact) mass is 400 g/mol. The van der Waals surface area contributed by atoms with Gasteiger partial charge in [-0.05, 0) is 68.8 Å². The summed E-state index contributed by atoms with van der Waals surface area (Å²) < 4.78 is 31.6. The minimum atomic E-state index is -3.46. The van der Waals surface area contributed by atoms with Crippen molar-refractivity contribution < 1.29 is 17.6 Å². The zero-order chi connectivity index (χ0) is 20.5. The molecule has 28 heavy (non-hydrogen) atoms. The van der Waals surface area contributed by atoms with Crippen LogP contribution in [0.3, 0.4) is 0 Å². The molecule has 0 saturated heterocycles. The molecule has 146 valence electrons. The van der Waals surface area contributed by atoms with Gasteiger partial charge in [0.05, 0.1) is 10.9 Å². The third-order valence-electron chi connectivity index (χ3n) is 4.24. The lowest BCUT2D eigenvalue weighted by molar-refractivity contribution is 0.102. The number of nitrogens with one attached hydrogen (secondary N) is 2. The molecule has 1 heterocycles. The molecule has 3 aromatic rings. The van der Waals surface area contributed by atoms with E-state index in [0.29, 0.717) is 33.5 Å². The van der Waals surface area contributed by atoms with Gasteiger partial charge in [-0.25, -0.2) is 13.2 Å². The summed E-state index contributed by atoms with van der Waals surface area (Å²) in [6.45, 7) is 4.91. The first kappa shape index (κ1) is 19.6. The third kappa shape index (κ3) is 4.23. The van der Waals surface area contributed by atoms with Gasteiger partial charge < -0.3 is 9.73 Å². The van der Waals surface area contributed by atoms with Gasteiger partial charge >= 0.3 is 5.63 Å². The average molecular weight is 400 g/mol. The first-order chi connectivity index (χ1) is 13.2. The van der Waals surface area contributed by atoms with Crippen molar-refractivity contribution in [1.29, 1.82) is 0 Å². The Morgan fingerprint density at radius 3 is 2.46 bits per heavy atom. The largest absolute Gasteiger partial charge is 0.423 e. The van der Waals surface area contributed by atoms with Gasteiger partial charge in [0.1, 0.15) is 5.58 Å². The second kappa shape index (κ2) is 7.47. The van der Waals surface area contributed by atoms with Crippen LogP contribution in [0.15, 0.2) is 57.7 Å². The Hall–Kier alpha value is -3.13. The summed E-state index contributed by atoms with van der Waals surface area (Å²) in [7, 11) is -3.46. The topological polar surface area (TPSA) is 105 Å². The summed E-state index contributed by atoms with van der Waals surface area (Å²) in [5.41, 5.74) is 2.01. The molecule has 1 amide bonds. The van der Waals surface area contributed by atoms with Crippen molar-refractivity contribution in [3.05, 3.63) is 70.1 Å². The fourth-order valence-corrected chi connectivity index (χ4v) is 3.31. The molecule has 0 fully saturated rings. The number of benzene rings is 2. The summed E-state index contributed by atoms with van der Waals surface area (Å²) in [4.78, 5) is 23.8. The first-order valence-electron chi connectivity index (χ1n) is 8.63. The van der Waals surface area contributed by atoms with Gasteiger partial charge in [0.25, 0.3) is 5.91 Å². The lowest BCUT2D eigenvalue weighted by atomic mass is 10.1. The predicted octanol–water partition coefficient (Wildman–Crippen LogP) is 3.50. The van der Waals surface area contributed by atoms with E-state index in [2.05, 4.69) is 10.0 Å². The van der Waals surface area contributed by atoms with E-state index >= 15 is 0 Å². The molecular weight excluding hydrogens is 380 g/mol. The molecule has 0 spiro atoms. The van der Waals surface area contributed by atoms with Crippen molar-refractivity contribution in [3.8, 4) is 0 Å². The Morgan fingerprint density at radius 2 is 1.79 bits per heavy atom. The van der Waals surface area contributed by atoms with E-state index < -0.39 is 20.9 Å². The van der Waals surface area contributed by atoms with Gasteiger partial charge in [-0.2, -0.15) is 0 Å². The number of hydrogen-bond donors (Lipinski definition) is 2. The standard InChI is InChI=1S/C20H20N2O5S/c1-12(2)28(25,26)22-17-7-4-15(10-13(17)3)20(24)21-16-6-8-18-14(11-16)5-9-19(23)27-18/h4-12,22H,1-3H3,(H,21,24). The Balaban J connectivity index is 1.80. The van der Waals surface area contributed by atoms with Gasteiger partial charge in [0.2, 0.25) is 10.0 Å². The number of anilines is 2. The van der Waals surface area contributed by atoms with Gasteiger partial charge in [0.15, 0.2) is 0 Å². The maximum atomic E-state index is 12.5. The number of sulfonamides is 1. The molecule has 2 aromatic carbocycles. The number of amides is 1. The second-order valence-corrected chi connectivity index (χ2v) is 8.92. The second-order valence-electron chi connectivity index (χ2n) is 6.69. The van der Waals surface area contributed by atoms with Crippen LogP contribution in [-0.2, 0) is 10.0 Å². The highest BCUT2D eigenvalue weighted by molar-refractivity contribution is 7.93. The Labute approximate surface area is 162 Å². The zero-order valence-corrected chi connectivity index (χ0v) is 16.5. The molecule has 0 bridgehead atoms. The Kier molecular flexibility index (Phi) is 5.24. The zero-order valence-electron chi connectivity index (χ0n) is 15.6. The van der Waals surface area contributed by atoms with E-state index in [1.807, 2.05) is 0 Å². The Morgan fingerprint density at radius 1 is 1.04 bits per heavy atom. The molecule has 0 saturated carbocycles. The molecule has 0 aliphatic carbocycles. The van der Waals surface area contributed by atoms with Crippen molar-refractivity contribution in [1.82, 2.24) is 0 Å². The van der Waals surface area contributed by atoms with Crippen molar-refractivity contribution >= 4 is 38.3 Å². The molecule has 7 nitrogen and oxygen atoms in total. The minimum Gasteiger partial charge on any atom is -0.423 e. The maximum absolute atomic E-state index is 12.5. The third-order valence-corrected chi connectivity index (χ3v) is 5.98. The SMILES string of the molecule is Cc1cc(C(=O)Nc2ccc3oc(=O)ccc3c2)ccc1NS(=O)(=O)C(C)C. The van der Waals surface area contributed by atoms with Crippen LogP contribution in [0.5, 0.6) is 0 Å². The summed E-state index contributed by atoms with van der Waals surface area (Å²) >= 11 is 0. The number of aryl methyl sites for hydroxylation is 1. The van der Waals surface area contributed by atoms with Crippen molar-refractivity contribution in [2.45, 2.75) is 26.0 Å². The maximum Gasteiger partial charge on any atom is 0.336 e. The smallest absolute Gasteiger partial charge is 0.336 e. The van der Waals surface area contributed by atoms with Crippen LogP contribution < -0.4 is 15.7 Å². The highest BCUT2D eigenvalue weighted by Gasteiger charge is 2.17. The van der Waals surface area contributed by atoms with Crippen LogP contribution in [0.1, 0.15) is 29.8 Å². The number of rotatable bonds is 5. The average Bonchev–Trinajstić information content (AvgIpc) is 2.63. The lowest BCUT2D eigenvalue weighted by Crippen LogP contribution is -2.23. The van der Waals surface area contributed by atoms with E-state index in [4.69, 9.17) is 4.42 Å². The van der Waals surface area contributed by atoms with Crippen molar-refractivity contribution in [2.75, 3.05) is 10.0 Å². The van der Waals surface area contributed by atoms with Crippen molar-refractivity contribution in [2.24, 2.45) is 0 Å². The molecule has 0 atom stereocenters. The molecule has 0 radical (unpaired) electrons. The summed E-state index contributed by atoms with van der Waals surface area (Å²) in [6, 6.07) is 12.6. The van der Waals surface area contributed by atoms with Crippen LogP contribution in [0.4, 0.5) is 11.4 Å². The number of hydrogen-bond acceptors (Lipinski definition) is 5. The molecule has 8 heteroatoms. The number of fused-ring (bicyclic) bond motifs is 1. The van der Waals surface area contributed by atoms with Gasteiger partial charge in [0, 0.05) is 22.7 Å². The van der Waals surface area contributed by atoms with Crippen LogP contribution in [0.25, 0.3) is 11.0 Å². The molecule has 1 aromatic heterocycles. The molecule has 0 aliphatic heterocycles. The summed E-state index contributed by atoms with van der Waals surface area (Å²) in [6.07, 6.45) is 0. The van der Waals surface area contributed by atoms with E-state index in [9.17, 15) is 18.0 Å². The Bertz CT molecular complexity index is 1210. The van der Waals surface area contributed by atoms with Crippen molar-refractivity contribution in [3.63, 3.8) is 0 Å². The number of carbonyl (C=O) groups is 1. The van der Waals surface area contributed by atoms with Gasteiger partial charge in [-0.15, -0.1) is 0 Å². The van der Waals surface area contributed by atoms with Crippen LogP contribution in [0.2, 0.25) is 0 Å². The van der Waals surface area contributed by atoms with Crippen LogP contribution >= 0.6 is 0 Å². The lowest BCUT2D eigenvalue weighted by Gasteiger charge is -2.14. The molecule has 0 aliphatic rings. The van der Waals surface area contributed by atoms with E-state index in [1.54, 1.807) is 63.2 Å². The minimum absolute atomic E-state index is 0.335. The highest BCUT2D eigenvalue weighted by Crippen LogP contribution is 2.21. The molecule has 0 unspecified atom stereocenters. The number of carbonyl (C=O) groups excluding carboxylic acids is 1. The molecule has 2 N–H and O–H groups in total. The first-order valence-corrected chi connectivity index (χ1v) is 10.2. The van der Waals surface area contributed by atoms with E-state index in [0.717, 1.165) is 0 Å². The van der Waals surface area contributed by atoms with Gasteiger partial charge in [-0.1, -0.05) is 0 Å². The summed E-state index contributed by atoms with van der Waals surface area (Å²) in [5, 5.41) is 2.91. The molecular formula is C20H20N2O5S. The fourth-order valence-electron chi connectivity index (χ4n) is 2.54. The summed E-state index contributed by atoms with van der Waals surface area (Å²) in [5.74, 6) is -0.335. The van der Waals surface area contributed by atoms with E-state index in [-0.39, 0.29) is 5.91 Å². The fraction of sp³-hybridized carbons (Fsp3) is 0.200. The quantitative estimate of drug-likeness (QED) is 0.638. The molecule has 3 rings (SSSR count). The normalized spacial score (nSPS) is 11.6. The van der Waals surface area contributed by atoms with E-state index in [1.165, 1.54) is 6.07 Å². The predicted molar refractivity (Wildman–Crippen MR) is 109 cm³/mol. The van der Waals surface area contributed by atoms with Gasteiger partial charge in [-0.3, -0.25) is 9.52 Å². The highest BCUT2D eigenvalue weighted by atomic mass is 32.2. The van der Waals surface area contributed by atoms with Crippen LogP contribution in [0, 0.1) is 6.92 Å². The van der Waals surface area contributed by atoms with Crippen LogP contribution in [-0.4, -0.2) is 19.6 Å².